The van der Waals surface area contributed by atoms with Crippen LogP contribution in [0.25, 0.3) is 0 Å². The van der Waals surface area contributed by atoms with E-state index in [9.17, 15) is 9.18 Å². The number of aromatic nitrogens is 3. The number of anilines is 1. The fourth-order valence-corrected chi connectivity index (χ4v) is 4.65. The largest absolute Gasteiger partial charge is 0.493 e. The summed E-state index contributed by atoms with van der Waals surface area (Å²) in [5, 5.41) is 8.12. The highest BCUT2D eigenvalue weighted by atomic mass is 32.2. The van der Waals surface area contributed by atoms with Gasteiger partial charge >= 0.3 is 0 Å². The molecule has 1 aromatic heterocycles. The van der Waals surface area contributed by atoms with Gasteiger partial charge in [-0.2, -0.15) is 4.98 Å². The molecule has 11 heteroatoms. The average molecular weight is 486 g/mol. The first-order valence-corrected chi connectivity index (χ1v) is 11.3. The Bertz CT molecular complexity index is 1250. The molecule has 0 saturated carbocycles. The highest BCUT2D eigenvalue weighted by molar-refractivity contribution is 7.98. The van der Waals surface area contributed by atoms with Gasteiger partial charge in [-0.05, 0) is 36.2 Å². The number of hydrogen-bond acceptors (Lipinski definition) is 8. The van der Waals surface area contributed by atoms with E-state index in [1.54, 1.807) is 41.9 Å². The second-order valence-electron chi connectivity index (χ2n) is 7.43. The molecule has 2 aromatic carbocycles. The number of allylic oxidation sites excluding steroid dienone is 1. The van der Waals surface area contributed by atoms with E-state index >= 15 is 0 Å². The second-order valence-corrected chi connectivity index (χ2v) is 8.37. The van der Waals surface area contributed by atoms with Gasteiger partial charge in [0.25, 0.3) is 0 Å². The minimum Gasteiger partial charge on any atom is -0.493 e. The number of carbonyl (C=O) groups excluding carboxylic acids is 1. The Morgan fingerprint density at radius 1 is 1.18 bits per heavy atom. The Hall–Kier alpha value is -3.73. The topological polar surface area (TPSA) is 114 Å². The maximum Gasteiger partial charge on any atom is 0.248 e. The lowest BCUT2D eigenvalue weighted by Crippen LogP contribution is -2.31. The fraction of sp³-hybridized carbons (Fsp3) is 0.261. The highest BCUT2D eigenvalue weighted by Crippen LogP contribution is 2.44. The number of ether oxygens (including phenoxy) is 3. The summed E-state index contributed by atoms with van der Waals surface area (Å²) in [5.74, 6) is 1.15. The van der Waals surface area contributed by atoms with Crippen LogP contribution in [0.5, 0.6) is 17.2 Å². The first-order valence-electron chi connectivity index (χ1n) is 10.3. The number of thioether (sulfide) groups is 1. The van der Waals surface area contributed by atoms with Crippen LogP contribution in [0.3, 0.4) is 0 Å². The van der Waals surface area contributed by atoms with E-state index < -0.39 is 11.9 Å². The number of nitrogens with two attached hydrogens (primary N) is 1. The molecule has 0 unspecified atom stereocenters. The molecular formula is C23H24FN5O4S. The average Bonchev–Trinajstić information content (AvgIpc) is 3.23. The van der Waals surface area contributed by atoms with E-state index in [0.717, 1.165) is 0 Å². The number of amides is 1. The maximum absolute atomic E-state index is 14.0. The minimum absolute atomic E-state index is 0.291. The Balaban J connectivity index is 1.78. The summed E-state index contributed by atoms with van der Waals surface area (Å²) < 4.78 is 32.0. The number of carbonyl (C=O) groups is 1. The molecule has 34 heavy (non-hydrogen) atoms. The molecule has 9 nitrogen and oxygen atoms in total. The van der Waals surface area contributed by atoms with Crippen molar-refractivity contribution in [1.82, 2.24) is 14.8 Å². The third-order valence-corrected chi connectivity index (χ3v) is 6.30. The van der Waals surface area contributed by atoms with Crippen LogP contribution >= 0.6 is 11.8 Å². The van der Waals surface area contributed by atoms with Crippen molar-refractivity contribution < 1.29 is 23.4 Å². The van der Waals surface area contributed by atoms with E-state index in [1.807, 2.05) is 0 Å². The number of nitrogens with one attached hydrogen (secondary N) is 1. The Labute approximate surface area is 200 Å². The number of primary amides is 1. The molecule has 0 spiro atoms. The van der Waals surface area contributed by atoms with Crippen LogP contribution in [0.15, 0.2) is 52.8 Å². The number of benzene rings is 2. The Morgan fingerprint density at radius 3 is 2.44 bits per heavy atom. The molecule has 0 aliphatic carbocycles. The van der Waals surface area contributed by atoms with Gasteiger partial charge in [-0.15, -0.1) is 5.10 Å². The molecular weight excluding hydrogens is 461 g/mol. The third kappa shape index (κ3) is 4.26. The zero-order chi connectivity index (χ0) is 24.4. The van der Waals surface area contributed by atoms with Crippen molar-refractivity contribution in [1.29, 1.82) is 0 Å². The zero-order valence-electron chi connectivity index (χ0n) is 19.1. The number of hydrogen-bond donors (Lipinski definition) is 2. The van der Waals surface area contributed by atoms with Gasteiger partial charge in [-0.25, -0.2) is 9.07 Å². The van der Waals surface area contributed by atoms with Crippen molar-refractivity contribution in [3.8, 4) is 17.2 Å². The van der Waals surface area contributed by atoms with Crippen LogP contribution in [0.4, 0.5) is 10.3 Å². The third-order valence-electron chi connectivity index (χ3n) is 5.42. The summed E-state index contributed by atoms with van der Waals surface area (Å²) >= 11 is 1.28. The summed E-state index contributed by atoms with van der Waals surface area (Å²) in [6.07, 6.45) is 0. The van der Waals surface area contributed by atoms with Crippen LogP contribution in [0, 0.1) is 5.82 Å². The van der Waals surface area contributed by atoms with Crippen LogP contribution in [-0.4, -0.2) is 42.0 Å². The molecule has 3 aromatic rings. The first-order chi connectivity index (χ1) is 16.4. The van der Waals surface area contributed by atoms with Crippen molar-refractivity contribution in [2.75, 3.05) is 26.6 Å². The number of nitrogens with zero attached hydrogens (tertiary/aromatic N) is 3. The van der Waals surface area contributed by atoms with E-state index in [-0.39, 0.29) is 5.82 Å². The predicted molar refractivity (Wildman–Crippen MR) is 126 cm³/mol. The number of methoxy groups -OCH3 is 3. The lowest BCUT2D eigenvalue weighted by atomic mass is 9.94. The first kappa shape index (κ1) is 23.4. The van der Waals surface area contributed by atoms with Crippen molar-refractivity contribution in [3.63, 3.8) is 0 Å². The summed E-state index contributed by atoms with van der Waals surface area (Å²) in [6, 6.07) is 9.33. The molecule has 178 valence electrons. The molecule has 1 aliphatic heterocycles. The van der Waals surface area contributed by atoms with E-state index in [1.165, 1.54) is 39.2 Å². The SMILES string of the molecule is COc1cc([C@H]2C(C(N)=O)=C(C)Nc3nc(SCc4ccccc4F)nn32)cc(OC)c1OC. The van der Waals surface area contributed by atoms with Crippen molar-refractivity contribution in [2.45, 2.75) is 23.9 Å². The summed E-state index contributed by atoms with van der Waals surface area (Å²) in [4.78, 5) is 17.0. The normalized spacial score (nSPS) is 14.9. The predicted octanol–water partition coefficient (Wildman–Crippen LogP) is 3.51. The number of rotatable bonds is 8. The monoisotopic (exact) mass is 485 g/mol. The van der Waals surface area contributed by atoms with E-state index in [0.29, 0.717) is 56.5 Å². The smallest absolute Gasteiger partial charge is 0.248 e. The highest BCUT2D eigenvalue weighted by Gasteiger charge is 2.34. The molecule has 1 amide bonds. The molecule has 0 saturated heterocycles. The molecule has 4 rings (SSSR count). The number of fused-ring (bicyclic) bond motifs is 1. The lowest BCUT2D eigenvalue weighted by Gasteiger charge is -2.28. The second kappa shape index (κ2) is 9.64. The molecule has 2 heterocycles. The van der Waals surface area contributed by atoms with Gasteiger partial charge in [-0.3, -0.25) is 4.79 Å². The van der Waals surface area contributed by atoms with Crippen molar-refractivity contribution >= 4 is 23.6 Å². The van der Waals surface area contributed by atoms with Crippen molar-refractivity contribution in [2.24, 2.45) is 5.73 Å². The zero-order valence-corrected chi connectivity index (χ0v) is 19.9. The minimum atomic E-state index is -0.697. The van der Waals surface area contributed by atoms with Crippen LogP contribution < -0.4 is 25.3 Å². The van der Waals surface area contributed by atoms with Gasteiger partial charge in [0, 0.05) is 11.4 Å². The van der Waals surface area contributed by atoms with Crippen molar-refractivity contribution in [3.05, 3.63) is 64.6 Å². The number of halogens is 1. The molecule has 0 radical (unpaired) electrons. The van der Waals surface area contributed by atoms with Crippen LogP contribution in [0.2, 0.25) is 0 Å². The molecule has 0 bridgehead atoms. The van der Waals surface area contributed by atoms with E-state index in [2.05, 4.69) is 15.4 Å². The molecule has 0 fully saturated rings. The van der Waals surface area contributed by atoms with Crippen LogP contribution in [0.1, 0.15) is 24.1 Å². The summed E-state index contributed by atoms with van der Waals surface area (Å²) in [7, 11) is 4.54. The standard InChI is InChI=1S/C23H24FN5O4S/c1-12-18(21(25)30)19(14-9-16(31-2)20(33-4)17(10-14)32-3)29-22(26-12)27-23(28-29)34-11-13-7-5-6-8-15(13)24/h5-10,19H,11H2,1-4H3,(H2,25,30)(H,26,27,28)/t19-/m0/s1. The lowest BCUT2D eigenvalue weighted by molar-refractivity contribution is -0.115. The summed E-state index contributed by atoms with van der Waals surface area (Å²) in [6.45, 7) is 1.75. The van der Waals surface area contributed by atoms with E-state index in [4.69, 9.17) is 19.9 Å². The van der Waals surface area contributed by atoms with Gasteiger partial charge in [-0.1, -0.05) is 30.0 Å². The van der Waals surface area contributed by atoms with Gasteiger partial charge < -0.3 is 25.3 Å². The van der Waals surface area contributed by atoms with Gasteiger partial charge in [0.2, 0.25) is 22.8 Å². The summed E-state index contributed by atoms with van der Waals surface area (Å²) in [5.41, 5.74) is 7.82. The van der Waals surface area contributed by atoms with Gasteiger partial charge in [0.1, 0.15) is 11.9 Å². The molecule has 1 atom stereocenters. The van der Waals surface area contributed by atoms with Crippen LogP contribution in [-0.2, 0) is 10.5 Å². The molecule has 3 N–H and O–H groups in total. The van der Waals surface area contributed by atoms with Gasteiger partial charge in [0.15, 0.2) is 11.5 Å². The Kier molecular flexibility index (Phi) is 6.64. The van der Waals surface area contributed by atoms with Gasteiger partial charge in [0.05, 0.1) is 26.9 Å². The fourth-order valence-electron chi connectivity index (χ4n) is 3.84. The maximum atomic E-state index is 14.0. The quantitative estimate of drug-likeness (QED) is 0.466. The molecule has 1 aliphatic rings. The Morgan fingerprint density at radius 2 is 1.85 bits per heavy atom.